The second-order valence-corrected chi connectivity index (χ2v) is 2.93. The van der Waals surface area contributed by atoms with E-state index in [2.05, 4.69) is 6.08 Å². The molecule has 0 bridgehead atoms. The molecule has 0 fully saturated rings. The van der Waals surface area contributed by atoms with Crippen molar-refractivity contribution in [1.82, 2.24) is 0 Å². The van der Waals surface area contributed by atoms with Crippen LogP contribution in [0.3, 0.4) is 0 Å². The summed E-state index contributed by atoms with van der Waals surface area (Å²) in [5.41, 5.74) is 2.60. The molecule has 52 valence electrons. The third-order valence-corrected chi connectivity index (χ3v) is 2.15. The molecule has 2 aliphatic rings. The van der Waals surface area contributed by atoms with Crippen LogP contribution in [-0.2, 0) is 4.79 Å². The second kappa shape index (κ2) is 2.08. The fraction of sp³-hybridized carbons (Fsp3) is 0.444. The zero-order chi connectivity index (χ0) is 6.97. The normalized spacial score (nSPS) is 23.8. The molecule has 1 heteroatoms. The van der Waals surface area contributed by atoms with Gasteiger partial charge in [-0.05, 0) is 36.5 Å². The van der Waals surface area contributed by atoms with Crippen molar-refractivity contribution in [2.75, 3.05) is 0 Å². The molecular weight excluding hydrogens is 124 g/mol. The number of hydrogen-bond acceptors (Lipinski definition) is 1. The maximum Gasteiger partial charge on any atom is 0.160 e. The van der Waals surface area contributed by atoms with Gasteiger partial charge in [0.05, 0.1) is 0 Å². The number of carbonyl (C=O) groups is 1. The van der Waals surface area contributed by atoms with E-state index < -0.39 is 0 Å². The van der Waals surface area contributed by atoms with Crippen LogP contribution in [0.4, 0.5) is 0 Å². The average molecular weight is 134 g/mol. The zero-order valence-electron chi connectivity index (χ0n) is 5.89. The third-order valence-electron chi connectivity index (χ3n) is 2.15. The molecule has 0 atom stereocenters. The summed E-state index contributed by atoms with van der Waals surface area (Å²) in [6.07, 6.45) is 8.21. The van der Waals surface area contributed by atoms with Gasteiger partial charge >= 0.3 is 0 Å². The number of hydrogen-bond donors (Lipinski definition) is 0. The van der Waals surface area contributed by atoms with Gasteiger partial charge in [0.15, 0.2) is 5.78 Å². The van der Waals surface area contributed by atoms with Crippen LogP contribution in [0.2, 0.25) is 0 Å². The van der Waals surface area contributed by atoms with Crippen LogP contribution < -0.4 is 0 Å². The molecule has 0 amide bonds. The SMILES string of the molecule is O=C1C=C2CCCC=C2C1. The van der Waals surface area contributed by atoms with Crippen LogP contribution in [-0.4, -0.2) is 5.78 Å². The Kier molecular flexibility index (Phi) is 1.23. The summed E-state index contributed by atoms with van der Waals surface area (Å²) in [5, 5.41) is 0. The molecule has 1 nitrogen and oxygen atoms in total. The van der Waals surface area contributed by atoms with Gasteiger partial charge in [-0.2, -0.15) is 0 Å². The summed E-state index contributed by atoms with van der Waals surface area (Å²) in [6.45, 7) is 0. The Morgan fingerprint density at radius 3 is 3.00 bits per heavy atom. The molecule has 0 spiro atoms. The summed E-state index contributed by atoms with van der Waals surface area (Å²) in [7, 11) is 0. The Morgan fingerprint density at radius 1 is 1.30 bits per heavy atom. The van der Waals surface area contributed by atoms with E-state index in [0.717, 1.165) is 6.42 Å². The van der Waals surface area contributed by atoms with Crippen molar-refractivity contribution in [2.45, 2.75) is 25.7 Å². The van der Waals surface area contributed by atoms with Gasteiger partial charge in [0.25, 0.3) is 0 Å². The van der Waals surface area contributed by atoms with Gasteiger partial charge in [0.2, 0.25) is 0 Å². The van der Waals surface area contributed by atoms with Gasteiger partial charge in [-0.15, -0.1) is 0 Å². The van der Waals surface area contributed by atoms with Gasteiger partial charge in [-0.25, -0.2) is 0 Å². The van der Waals surface area contributed by atoms with Gasteiger partial charge in [-0.1, -0.05) is 6.08 Å². The maximum absolute atomic E-state index is 10.9. The summed E-state index contributed by atoms with van der Waals surface area (Å²) < 4.78 is 0. The zero-order valence-corrected chi connectivity index (χ0v) is 5.89. The lowest BCUT2D eigenvalue weighted by Gasteiger charge is -2.09. The Balaban J connectivity index is 2.35. The van der Waals surface area contributed by atoms with Crippen LogP contribution in [0.1, 0.15) is 25.7 Å². The molecule has 0 unspecified atom stereocenters. The molecule has 0 aromatic carbocycles. The highest BCUT2D eigenvalue weighted by Gasteiger charge is 2.19. The third kappa shape index (κ3) is 0.821. The Bertz CT molecular complexity index is 233. The molecular formula is C9H10O. The molecule has 0 aromatic rings. The molecule has 2 aliphatic carbocycles. The van der Waals surface area contributed by atoms with E-state index in [1.807, 2.05) is 6.08 Å². The van der Waals surface area contributed by atoms with Crippen molar-refractivity contribution in [3.63, 3.8) is 0 Å². The van der Waals surface area contributed by atoms with Crippen molar-refractivity contribution < 1.29 is 4.79 Å². The van der Waals surface area contributed by atoms with Crippen LogP contribution in [0.25, 0.3) is 0 Å². The number of allylic oxidation sites excluding steroid dienone is 4. The Labute approximate surface area is 60.4 Å². The van der Waals surface area contributed by atoms with E-state index in [-0.39, 0.29) is 0 Å². The lowest BCUT2D eigenvalue weighted by Crippen LogP contribution is -1.91. The first-order valence-electron chi connectivity index (χ1n) is 3.79. The van der Waals surface area contributed by atoms with Crippen molar-refractivity contribution in [3.05, 3.63) is 23.3 Å². The van der Waals surface area contributed by atoms with E-state index in [1.54, 1.807) is 0 Å². The summed E-state index contributed by atoms with van der Waals surface area (Å²) in [6, 6.07) is 0. The minimum Gasteiger partial charge on any atom is -0.294 e. The van der Waals surface area contributed by atoms with E-state index in [4.69, 9.17) is 0 Å². The fourth-order valence-electron chi connectivity index (χ4n) is 1.64. The average Bonchev–Trinajstić information content (AvgIpc) is 2.27. The molecule has 0 aromatic heterocycles. The molecule has 0 saturated heterocycles. The number of fused-ring (bicyclic) bond motifs is 1. The topological polar surface area (TPSA) is 17.1 Å². The first-order valence-corrected chi connectivity index (χ1v) is 3.79. The molecule has 0 N–H and O–H groups in total. The van der Waals surface area contributed by atoms with Crippen molar-refractivity contribution >= 4 is 5.78 Å². The highest BCUT2D eigenvalue weighted by Crippen LogP contribution is 2.31. The Hall–Kier alpha value is -0.850. The molecule has 0 heterocycles. The number of rotatable bonds is 0. The maximum atomic E-state index is 10.9. The molecule has 0 aliphatic heterocycles. The van der Waals surface area contributed by atoms with Crippen LogP contribution >= 0.6 is 0 Å². The predicted octanol–water partition coefficient (Wildman–Crippen LogP) is 2.00. The van der Waals surface area contributed by atoms with E-state index in [9.17, 15) is 4.79 Å². The van der Waals surface area contributed by atoms with Gasteiger partial charge in [-0.3, -0.25) is 4.79 Å². The summed E-state index contributed by atoms with van der Waals surface area (Å²) in [5.74, 6) is 0.295. The minimum absolute atomic E-state index is 0.295. The summed E-state index contributed by atoms with van der Waals surface area (Å²) >= 11 is 0. The lowest BCUT2D eigenvalue weighted by molar-refractivity contribution is -0.113. The van der Waals surface area contributed by atoms with Crippen molar-refractivity contribution in [1.29, 1.82) is 0 Å². The molecule has 0 radical (unpaired) electrons. The van der Waals surface area contributed by atoms with Gasteiger partial charge < -0.3 is 0 Å². The quantitative estimate of drug-likeness (QED) is 0.495. The molecule has 0 saturated carbocycles. The number of carbonyl (C=O) groups excluding carboxylic acids is 1. The first-order chi connectivity index (χ1) is 4.86. The monoisotopic (exact) mass is 134 g/mol. The van der Waals surface area contributed by atoms with Crippen LogP contribution in [0.15, 0.2) is 23.3 Å². The largest absolute Gasteiger partial charge is 0.294 e. The van der Waals surface area contributed by atoms with Crippen LogP contribution in [0, 0.1) is 0 Å². The van der Waals surface area contributed by atoms with Gasteiger partial charge in [0.1, 0.15) is 0 Å². The Morgan fingerprint density at radius 2 is 2.20 bits per heavy atom. The summed E-state index contributed by atoms with van der Waals surface area (Å²) in [4.78, 5) is 10.9. The second-order valence-electron chi connectivity index (χ2n) is 2.93. The molecule has 2 rings (SSSR count). The lowest BCUT2D eigenvalue weighted by atomic mass is 9.96. The van der Waals surface area contributed by atoms with Crippen molar-refractivity contribution in [3.8, 4) is 0 Å². The highest BCUT2D eigenvalue weighted by atomic mass is 16.1. The minimum atomic E-state index is 0.295. The molecule has 10 heavy (non-hydrogen) atoms. The van der Waals surface area contributed by atoms with E-state index in [0.29, 0.717) is 12.2 Å². The first kappa shape index (κ1) is 5.90. The smallest absolute Gasteiger partial charge is 0.160 e. The van der Waals surface area contributed by atoms with E-state index >= 15 is 0 Å². The van der Waals surface area contributed by atoms with Gasteiger partial charge in [0, 0.05) is 6.42 Å². The number of ketones is 1. The van der Waals surface area contributed by atoms with Crippen LogP contribution in [0.5, 0.6) is 0 Å². The fourth-order valence-corrected chi connectivity index (χ4v) is 1.64. The standard InChI is InChI=1S/C9H10O/c10-9-5-7-3-1-2-4-8(7)6-9/h3,6H,1-2,4-5H2. The predicted molar refractivity (Wildman–Crippen MR) is 39.6 cm³/mol. The van der Waals surface area contributed by atoms with Crippen molar-refractivity contribution in [2.24, 2.45) is 0 Å². The van der Waals surface area contributed by atoms with E-state index in [1.165, 1.54) is 24.0 Å². The highest BCUT2D eigenvalue weighted by molar-refractivity contribution is 5.97.